The quantitative estimate of drug-likeness (QED) is 0.781. The number of morpholine rings is 1. The van der Waals surface area contributed by atoms with Crippen LogP contribution >= 0.6 is 0 Å². The van der Waals surface area contributed by atoms with Gasteiger partial charge in [-0.15, -0.1) is 0 Å². The molecule has 1 atom stereocenters. The Balaban J connectivity index is 1.69. The number of carbonyl (C=O) groups is 1. The number of carbonyl (C=O) groups excluding carboxylic acids is 1. The standard InChI is InChI=1S/C21H29N5O3/c1-14(2)20(27)26-6-4-5-16(13-26)19-17(18-11-15(3)24-29-18)12-22-21(23-19)25-7-9-28-10-8-25/h11-12,14,16H,4-10,13H2,1-3H3/t16-/m0/s1. The first kappa shape index (κ1) is 19.8. The van der Waals surface area contributed by atoms with Crippen molar-refractivity contribution in [1.82, 2.24) is 20.0 Å². The van der Waals surface area contributed by atoms with Gasteiger partial charge in [0.15, 0.2) is 5.76 Å². The van der Waals surface area contributed by atoms with Gasteiger partial charge in [-0.3, -0.25) is 4.79 Å². The molecule has 4 heterocycles. The van der Waals surface area contributed by atoms with Crippen LogP contribution in [0.15, 0.2) is 16.8 Å². The van der Waals surface area contributed by atoms with Gasteiger partial charge in [0.05, 0.1) is 30.2 Å². The Hall–Kier alpha value is -2.48. The summed E-state index contributed by atoms with van der Waals surface area (Å²) >= 11 is 0. The molecule has 4 rings (SSSR count). The Morgan fingerprint density at radius 1 is 1.24 bits per heavy atom. The van der Waals surface area contributed by atoms with Crippen LogP contribution in [0, 0.1) is 12.8 Å². The number of nitrogens with zero attached hydrogens (tertiary/aromatic N) is 5. The van der Waals surface area contributed by atoms with Crippen molar-refractivity contribution in [2.24, 2.45) is 5.92 Å². The first-order valence-electron chi connectivity index (χ1n) is 10.4. The first-order chi connectivity index (χ1) is 14.0. The van der Waals surface area contributed by atoms with E-state index in [4.69, 9.17) is 14.2 Å². The Bertz CT molecular complexity index is 860. The normalized spacial score (nSPS) is 20.3. The van der Waals surface area contributed by atoms with Crippen molar-refractivity contribution >= 4 is 11.9 Å². The average molecular weight is 399 g/mol. The summed E-state index contributed by atoms with van der Waals surface area (Å²) in [5, 5.41) is 4.04. The zero-order valence-electron chi connectivity index (χ0n) is 17.4. The third-order valence-electron chi connectivity index (χ3n) is 5.61. The molecular formula is C21H29N5O3. The molecular weight excluding hydrogens is 370 g/mol. The predicted molar refractivity (Wildman–Crippen MR) is 109 cm³/mol. The number of amides is 1. The minimum absolute atomic E-state index is 0.000506. The number of aryl methyl sites for hydroxylation is 1. The fraction of sp³-hybridized carbons (Fsp3) is 0.619. The van der Waals surface area contributed by atoms with Crippen LogP contribution in [0.2, 0.25) is 0 Å². The molecule has 8 heteroatoms. The van der Waals surface area contributed by atoms with Gasteiger partial charge in [-0.2, -0.15) is 0 Å². The molecule has 0 unspecified atom stereocenters. The highest BCUT2D eigenvalue weighted by molar-refractivity contribution is 5.78. The largest absolute Gasteiger partial charge is 0.378 e. The van der Waals surface area contributed by atoms with Crippen molar-refractivity contribution in [3.8, 4) is 11.3 Å². The van der Waals surface area contributed by atoms with Gasteiger partial charge in [0.1, 0.15) is 0 Å². The zero-order valence-corrected chi connectivity index (χ0v) is 17.4. The van der Waals surface area contributed by atoms with E-state index in [1.165, 1.54) is 0 Å². The van der Waals surface area contributed by atoms with Crippen LogP contribution in [0.1, 0.15) is 44.0 Å². The van der Waals surface area contributed by atoms with Crippen LogP contribution in [0.4, 0.5) is 5.95 Å². The topological polar surface area (TPSA) is 84.6 Å². The molecule has 0 aliphatic carbocycles. The summed E-state index contributed by atoms with van der Waals surface area (Å²) < 4.78 is 11.0. The minimum atomic E-state index is -0.000506. The Labute approximate surface area is 171 Å². The number of likely N-dealkylation sites (tertiary alicyclic amines) is 1. The van der Waals surface area contributed by atoms with Crippen molar-refractivity contribution in [3.63, 3.8) is 0 Å². The van der Waals surface area contributed by atoms with E-state index >= 15 is 0 Å². The Morgan fingerprint density at radius 3 is 2.72 bits per heavy atom. The zero-order chi connectivity index (χ0) is 20.4. The molecule has 0 saturated carbocycles. The van der Waals surface area contributed by atoms with Crippen molar-refractivity contribution in [2.75, 3.05) is 44.3 Å². The number of aromatic nitrogens is 3. The van der Waals surface area contributed by atoms with Crippen molar-refractivity contribution < 1.29 is 14.1 Å². The van der Waals surface area contributed by atoms with E-state index in [2.05, 4.69) is 15.0 Å². The van der Waals surface area contributed by atoms with Crippen LogP contribution in [0.5, 0.6) is 0 Å². The third-order valence-corrected chi connectivity index (χ3v) is 5.61. The molecule has 8 nitrogen and oxygen atoms in total. The van der Waals surface area contributed by atoms with E-state index in [1.54, 1.807) is 0 Å². The van der Waals surface area contributed by atoms with E-state index in [-0.39, 0.29) is 17.7 Å². The predicted octanol–water partition coefficient (Wildman–Crippen LogP) is 2.64. The van der Waals surface area contributed by atoms with Crippen molar-refractivity contribution in [3.05, 3.63) is 23.7 Å². The highest BCUT2D eigenvalue weighted by atomic mass is 16.5. The molecule has 1 amide bonds. The third kappa shape index (κ3) is 4.27. The molecule has 0 bridgehead atoms. The lowest BCUT2D eigenvalue weighted by Gasteiger charge is -2.34. The number of rotatable bonds is 4. The summed E-state index contributed by atoms with van der Waals surface area (Å²) in [4.78, 5) is 26.3. The van der Waals surface area contributed by atoms with E-state index in [0.717, 1.165) is 55.4 Å². The summed E-state index contributed by atoms with van der Waals surface area (Å²) in [6, 6.07) is 1.91. The second-order valence-electron chi connectivity index (χ2n) is 8.18. The molecule has 0 N–H and O–H groups in total. The molecule has 2 saturated heterocycles. The van der Waals surface area contributed by atoms with Gasteiger partial charge in [-0.25, -0.2) is 9.97 Å². The maximum atomic E-state index is 12.6. The Morgan fingerprint density at radius 2 is 2.03 bits per heavy atom. The van der Waals surface area contributed by atoms with Gasteiger partial charge in [-0.05, 0) is 19.8 Å². The van der Waals surface area contributed by atoms with Gasteiger partial charge in [0.25, 0.3) is 0 Å². The average Bonchev–Trinajstić information content (AvgIpc) is 3.19. The molecule has 0 radical (unpaired) electrons. The Kier molecular flexibility index (Phi) is 5.80. The monoisotopic (exact) mass is 399 g/mol. The highest BCUT2D eigenvalue weighted by Gasteiger charge is 2.30. The number of ether oxygens (including phenoxy) is 1. The number of hydrogen-bond acceptors (Lipinski definition) is 7. The lowest BCUT2D eigenvalue weighted by Crippen LogP contribution is -2.41. The smallest absolute Gasteiger partial charge is 0.225 e. The molecule has 2 fully saturated rings. The van der Waals surface area contributed by atoms with Crippen LogP contribution in [-0.2, 0) is 9.53 Å². The lowest BCUT2D eigenvalue weighted by molar-refractivity contribution is -0.135. The molecule has 0 spiro atoms. The number of hydrogen-bond donors (Lipinski definition) is 0. The van der Waals surface area contributed by atoms with Crippen molar-refractivity contribution in [1.29, 1.82) is 0 Å². The molecule has 29 heavy (non-hydrogen) atoms. The lowest BCUT2D eigenvalue weighted by atomic mass is 9.90. The van der Waals surface area contributed by atoms with E-state index < -0.39 is 0 Å². The van der Waals surface area contributed by atoms with E-state index in [1.807, 2.05) is 37.9 Å². The van der Waals surface area contributed by atoms with Gasteiger partial charge in [-0.1, -0.05) is 19.0 Å². The number of anilines is 1. The van der Waals surface area contributed by atoms with E-state index in [9.17, 15) is 4.79 Å². The molecule has 0 aromatic carbocycles. The fourth-order valence-corrected chi connectivity index (χ4v) is 4.06. The molecule has 2 aliphatic heterocycles. The second-order valence-corrected chi connectivity index (χ2v) is 8.18. The van der Waals surface area contributed by atoms with Crippen LogP contribution in [0.25, 0.3) is 11.3 Å². The molecule has 2 aliphatic rings. The maximum absolute atomic E-state index is 12.6. The van der Waals surface area contributed by atoms with Gasteiger partial charge in [0.2, 0.25) is 11.9 Å². The van der Waals surface area contributed by atoms with Crippen LogP contribution < -0.4 is 4.90 Å². The van der Waals surface area contributed by atoms with Crippen molar-refractivity contribution in [2.45, 2.75) is 39.5 Å². The van der Waals surface area contributed by atoms with Gasteiger partial charge < -0.3 is 19.1 Å². The summed E-state index contributed by atoms with van der Waals surface area (Å²) in [5.41, 5.74) is 2.63. The summed E-state index contributed by atoms with van der Waals surface area (Å²) in [6.07, 6.45) is 3.80. The van der Waals surface area contributed by atoms with Gasteiger partial charge >= 0.3 is 0 Å². The van der Waals surface area contributed by atoms with Crippen LogP contribution in [-0.4, -0.2) is 65.3 Å². The second kappa shape index (κ2) is 8.49. The summed E-state index contributed by atoms with van der Waals surface area (Å²) in [7, 11) is 0. The minimum Gasteiger partial charge on any atom is -0.378 e. The summed E-state index contributed by atoms with van der Waals surface area (Å²) in [6.45, 7) is 10.2. The van der Waals surface area contributed by atoms with Gasteiger partial charge in [0, 0.05) is 50.3 Å². The SMILES string of the molecule is Cc1cc(-c2cnc(N3CCOCC3)nc2[C@H]2CCCN(C(=O)C(C)C)C2)on1. The summed E-state index contributed by atoms with van der Waals surface area (Å²) in [5.74, 6) is 1.75. The fourth-order valence-electron chi connectivity index (χ4n) is 4.06. The highest BCUT2D eigenvalue weighted by Crippen LogP contribution is 2.34. The first-order valence-corrected chi connectivity index (χ1v) is 10.4. The molecule has 156 valence electrons. The molecule has 2 aromatic rings. The number of piperidine rings is 1. The maximum Gasteiger partial charge on any atom is 0.225 e. The van der Waals surface area contributed by atoms with Crippen LogP contribution in [0.3, 0.4) is 0 Å². The molecule has 2 aromatic heterocycles. The van der Waals surface area contributed by atoms with E-state index in [0.29, 0.717) is 25.5 Å².